The van der Waals surface area contributed by atoms with Crippen molar-refractivity contribution < 1.29 is 0 Å². The van der Waals surface area contributed by atoms with Crippen LogP contribution in [0.15, 0.2) is 146 Å². The Kier molecular flexibility index (Phi) is 5.86. The van der Waals surface area contributed by atoms with Crippen LogP contribution in [0, 0.1) is 0 Å². The smallest absolute Gasteiger partial charge is 0.0544 e. The van der Waals surface area contributed by atoms with Crippen LogP contribution >= 0.6 is 0 Å². The van der Waals surface area contributed by atoms with Crippen LogP contribution in [0.3, 0.4) is 0 Å². The van der Waals surface area contributed by atoms with E-state index < -0.39 is 0 Å². The lowest BCUT2D eigenvalue weighted by Crippen LogP contribution is -2.15. The predicted molar refractivity (Wildman–Crippen MR) is 170 cm³/mol. The Bertz CT molecular complexity index is 1760. The molecule has 0 saturated carbocycles. The molecule has 1 nitrogen and oxygen atoms in total. The summed E-state index contributed by atoms with van der Waals surface area (Å²) in [7, 11) is 0. The molecule has 0 saturated heterocycles. The Hall–Kier alpha value is -4.88. The standard InChI is InChI=1S/C39H31N/c1-39(2)36-21-13-12-20-32(36)33-23-22-31(26-37(33)39)40-38-34(28-16-8-4-9-17-28)24-30(27-14-6-3-7-15-27)25-35(38)29-18-10-5-11-19-29/h3-26,40H,1-2H3. The molecule has 0 aliphatic heterocycles. The molecule has 0 unspecified atom stereocenters. The fourth-order valence-electron chi connectivity index (χ4n) is 6.19. The van der Waals surface area contributed by atoms with Gasteiger partial charge in [0, 0.05) is 22.2 Å². The Morgan fingerprint density at radius 1 is 0.400 bits per heavy atom. The van der Waals surface area contributed by atoms with Crippen LogP contribution in [-0.2, 0) is 5.41 Å². The molecule has 1 aliphatic carbocycles. The third-order valence-electron chi connectivity index (χ3n) is 8.27. The molecular formula is C39H31N. The molecule has 0 heterocycles. The summed E-state index contributed by atoms with van der Waals surface area (Å²) < 4.78 is 0. The average molecular weight is 514 g/mol. The number of anilines is 2. The van der Waals surface area contributed by atoms with E-state index in [0.717, 1.165) is 11.4 Å². The van der Waals surface area contributed by atoms with Gasteiger partial charge in [0.05, 0.1) is 5.69 Å². The summed E-state index contributed by atoms with van der Waals surface area (Å²) in [6.07, 6.45) is 0. The van der Waals surface area contributed by atoms with Gasteiger partial charge in [0.1, 0.15) is 0 Å². The second-order valence-corrected chi connectivity index (χ2v) is 11.1. The minimum absolute atomic E-state index is 0.0503. The van der Waals surface area contributed by atoms with Gasteiger partial charge in [-0.05, 0) is 68.8 Å². The highest BCUT2D eigenvalue weighted by molar-refractivity contribution is 5.96. The first kappa shape index (κ1) is 24.2. The van der Waals surface area contributed by atoms with E-state index in [1.807, 2.05) is 0 Å². The van der Waals surface area contributed by atoms with Gasteiger partial charge in [-0.3, -0.25) is 0 Å². The van der Waals surface area contributed by atoms with Crippen molar-refractivity contribution in [3.05, 3.63) is 157 Å². The molecule has 1 N–H and O–H groups in total. The average Bonchev–Trinajstić information content (AvgIpc) is 3.24. The normalized spacial score (nSPS) is 12.9. The molecule has 7 rings (SSSR count). The van der Waals surface area contributed by atoms with Gasteiger partial charge in [-0.25, -0.2) is 0 Å². The molecule has 1 aliphatic rings. The van der Waals surface area contributed by atoms with Gasteiger partial charge in [0.15, 0.2) is 0 Å². The van der Waals surface area contributed by atoms with E-state index in [0.29, 0.717) is 0 Å². The summed E-state index contributed by atoms with van der Waals surface area (Å²) in [5, 5.41) is 3.91. The largest absolute Gasteiger partial charge is 0.355 e. The lowest BCUT2D eigenvalue weighted by atomic mass is 9.82. The van der Waals surface area contributed by atoms with Crippen LogP contribution in [-0.4, -0.2) is 0 Å². The highest BCUT2D eigenvalue weighted by atomic mass is 14.9. The second kappa shape index (κ2) is 9.70. The first-order valence-corrected chi connectivity index (χ1v) is 14.0. The quantitative estimate of drug-likeness (QED) is 0.242. The van der Waals surface area contributed by atoms with Crippen molar-refractivity contribution in [3.8, 4) is 44.5 Å². The van der Waals surface area contributed by atoms with Crippen LogP contribution in [0.4, 0.5) is 11.4 Å². The Morgan fingerprint density at radius 3 is 1.50 bits per heavy atom. The molecule has 0 fully saturated rings. The third kappa shape index (κ3) is 4.12. The van der Waals surface area contributed by atoms with Gasteiger partial charge < -0.3 is 5.32 Å². The van der Waals surface area contributed by atoms with Crippen molar-refractivity contribution in [2.45, 2.75) is 19.3 Å². The van der Waals surface area contributed by atoms with Gasteiger partial charge in [-0.2, -0.15) is 0 Å². The molecule has 0 aromatic heterocycles. The SMILES string of the molecule is CC1(C)c2ccccc2-c2ccc(Nc3c(-c4ccccc4)cc(-c4ccccc4)cc3-c3ccccc3)cc21. The van der Waals surface area contributed by atoms with Crippen LogP contribution in [0.25, 0.3) is 44.5 Å². The summed E-state index contributed by atoms with van der Waals surface area (Å²) in [6, 6.07) is 52.4. The fraction of sp³-hybridized carbons (Fsp3) is 0.0769. The molecule has 0 spiro atoms. The molecule has 192 valence electrons. The number of benzene rings is 6. The summed E-state index contributed by atoms with van der Waals surface area (Å²) in [5.74, 6) is 0. The van der Waals surface area contributed by atoms with Gasteiger partial charge in [-0.15, -0.1) is 0 Å². The zero-order valence-corrected chi connectivity index (χ0v) is 22.9. The molecule has 0 amide bonds. The maximum atomic E-state index is 3.91. The fourth-order valence-corrected chi connectivity index (χ4v) is 6.19. The Morgan fingerprint density at radius 2 is 0.900 bits per heavy atom. The van der Waals surface area contributed by atoms with Gasteiger partial charge in [0.25, 0.3) is 0 Å². The van der Waals surface area contributed by atoms with E-state index in [9.17, 15) is 0 Å². The Balaban J connectivity index is 1.43. The van der Waals surface area contributed by atoms with Crippen LogP contribution in [0.2, 0.25) is 0 Å². The van der Waals surface area contributed by atoms with E-state index in [1.165, 1.54) is 55.6 Å². The lowest BCUT2D eigenvalue weighted by Gasteiger charge is -2.23. The highest BCUT2D eigenvalue weighted by Gasteiger charge is 2.35. The zero-order valence-electron chi connectivity index (χ0n) is 22.9. The summed E-state index contributed by atoms with van der Waals surface area (Å²) >= 11 is 0. The minimum atomic E-state index is -0.0503. The molecule has 1 heteroatoms. The molecule has 6 aromatic rings. The number of hydrogen-bond acceptors (Lipinski definition) is 1. The topological polar surface area (TPSA) is 12.0 Å². The van der Waals surface area contributed by atoms with E-state index in [2.05, 4.69) is 165 Å². The van der Waals surface area contributed by atoms with Crippen molar-refractivity contribution in [3.63, 3.8) is 0 Å². The van der Waals surface area contributed by atoms with E-state index in [1.54, 1.807) is 0 Å². The van der Waals surface area contributed by atoms with Gasteiger partial charge in [0.2, 0.25) is 0 Å². The maximum absolute atomic E-state index is 3.91. The zero-order chi connectivity index (χ0) is 27.1. The number of fused-ring (bicyclic) bond motifs is 3. The van der Waals surface area contributed by atoms with Crippen LogP contribution in [0.5, 0.6) is 0 Å². The molecule has 0 bridgehead atoms. The van der Waals surface area contributed by atoms with Crippen molar-refractivity contribution in [1.82, 2.24) is 0 Å². The van der Waals surface area contributed by atoms with Crippen LogP contribution < -0.4 is 5.32 Å². The van der Waals surface area contributed by atoms with E-state index in [4.69, 9.17) is 0 Å². The second-order valence-electron chi connectivity index (χ2n) is 11.1. The highest BCUT2D eigenvalue weighted by Crippen LogP contribution is 2.50. The molecule has 40 heavy (non-hydrogen) atoms. The summed E-state index contributed by atoms with van der Waals surface area (Å²) in [6.45, 7) is 4.67. The molecule has 6 aromatic carbocycles. The molecular weight excluding hydrogens is 482 g/mol. The van der Waals surface area contributed by atoms with Crippen LogP contribution in [0.1, 0.15) is 25.0 Å². The van der Waals surface area contributed by atoms with Gasteiger partial charge in [-0.1, -0.05) is 135 Å². The lowest BCUT2D eigenvalue weighted by molar-refractivity contribution is 0.660. The van der Waals surface area contributed by atoms with E-state index in [-0.39, 0.29) is 5.41 Å². The summed E-state index contributed by atoms with van der Waals surface area (Å²) in [4.78, 5) is 0. The third-order valence-corrected chi connectivity index (χ3v) is 8.27. The van der Waals surface area contributed by atoms with Crippen molar-refractivity contribution >= 4 is 11.4 Å². The Labute approximate surface area is 236 Å². The summed E-state index contributed by atoms with van der Waals surface area (Å²) in [5.41, 5.74) is 14.8. The number of rotatable bonds is 5. The molecule has 0 atom stereocenters. The first-order chi connectivity index (χ1) is 19.6. The predicted octanol–water partition coefficient (Wildman–Crippen LogP) is 10.7. The number of hydrogen-bond donors (Lipinski definition) is 1. The maximum Gasteiger partial charge on any atom is 0.0544 e. The number of nitrogens with one attached hydrogen (secondary N) is 1. The van der Waals surface area contributed by atoms with Gasteiger partial charge >= 0.3 is 0 Å². The van der Waals surface area contributed by atoms with Crippen molar-refractivity contribution in [1.29, 1.82) is 0 Å². The van der Waals surface area contributed by atoms with E-state index >= 15 is 0 Å². The molecule has 0 radical (unpaired) electrons. The van der Waals surface area contributed by atoms with Crippen molar-refractivity contribution in [2.75, 3.05) is 5.32 Å². The van der Waals surface area contributed by atoms with Crippen molar-refractivity contribution in [2.24, 2.45) is 0 Å². The first-order valence-electron chi connectivity index (χ1n) is 14.0. The minimum Gasteiger partial charge on any atom is -0.355 e. The monoisotopic (exact) mass is 513 g/mol.